The van der Waals surface area contributed by atoms with Gasteiger partial charge in [0.15, 0.2) is 0 Å². The van der Waals surface area contributed by atoms with Crippen molar-refractivity contribution in [2.75, 3.05) is 0 Å². The molecular weight excluding hydrogens is 370 g/mol. The summed E-state index contributed by atoms with van der Waals surface area (Å²) in [5.41, 5.74) is 2.93. The molecule has 3 rings (SSSR count). The fraction of sp³-hybridized carbons (Fsp3) is 0. The third-order valence-electron chi connectivity index (χ3n) is 2.24. The monoisotopic (exact) mass is 378 g/mol. The highest BCUT2D eigenvalue weighted by Gasteiger charge is 2.31. The molecule has 0 radical (unpaired) electrons. The third-order valence-corrected chi connectivity index (χ3v) is 5.29. The van der Waals surface area contributed by atoms with Gasteiger partial charge in [0.2, 0.25) is 7.14 Å². The Morgan fingerprint density at radius 1 is 0.667 bits per heavy atom. The van der Waals surface area contributed by atoms with Gasteiger partial charge in [-0.05, 0) is 24.3 Å². The van der Waals surface area contributed by atoms with Crippen molar-refractivity contribution in [1.82, 2.24) is 0 Å². The van der Waals surface area contributed by atoms with Gasteiger partial charge in [0.1, 0.15) is 0 Å². The zero-order valence-corrected chi connectivity index (χ0v) is 11.9. The minimum Gasteiger partial charge on any atom is -0.222 e. The predicted molar refractivity (Wildman–Crippen MR) is 49.3 cm³/mol. The van der Waals surface area contributed by atoms with Crippen LogP contribution in [0.5, 0.6) is 0 Å². The van der Waals surface area contributed by atoms with Crippen LogP contribution in [0.4, 0.5) is 0 Å². The van der Waals surface area contributed by atoms with Crippen molar-refractivity contribution in [3.05, 3.63) is 55.7 Å². The minimum atomic E-state index is -4.94. The van der Waals surface area contributed by atoms with Crippen LogP contribution in [0, 0.1) is 17.4 Å². The van der Waals surface area contributed by atoms with Crippen LogP contribution in [-0.4, -0.2) is 0 Å². The van der Waals surface area contributed by atoms with E-state index in [4.69, 9.17) is 18.6 Å². The molecule has 0 unspecified atom stereocenters. The van der Waals surface area contributed by atoms with Gasteiger partial charge < -0.3 is 0 Å². The highest BCUT2D eigenvalue weighted by Crippen LogP contribution is 2.21. The SMILES string of the molecule is [O-][Cl+3]([O-])([O-])[O-].c1ccc2c(c1)[I+]c1ccccc1-2. The van der Waals surface area contributed by atoms with Crippen molar-refractivity contribution in [3.8, 4) is 11.1 Å². The topological polar surface area (TPSA) is 92.2 Å². The van der Waals surface area contributed by atoms with Gasteiger partial charge >= 0.3 is 21.2 Å². The summed E-state index contributed by atoms with van der Waals surface area (Å²) in [7, 11) is -4.94. The standard InChI is InChI=1S/C12H8I.ClHO4/c1-3-7-11-9(5-1)10-6-2-4-8-12(10)13-11;2-1(3,4)5/h1-8H;(H,2,3,4,5)/q+1;/p-1. The number of rotatable bonds is 0. The van der Waals surface area contributed by atoms with Gasteiger partial charge in [0, 0.05) is 11.1 Å². The van der Waals surface area contributed by atoms with E-state index in [0.29, 0.717) is 0 Å². The normalized spacial score (nSPS) is 12.2. The van der Waals surface area contributed by atoms with Crippen molar-refractivity contribution in [2.45, 2.75) is 0 Å². The molecule has 0 atom stereocenters. The molecule has 6 heteroatoms. The Hall–Kier alpha value is -0.700. The van der Waals surface area contributed by atoms with E-state index in [1.807, 2.05) is 0 Å². The fourth-order valence-corrected chi connectivity index (χ4v) is 4.56. The average Bonchev–Trinajstić information content (AvgIpc) is 2.65. The molecule has 0 saturated heterocycles. The lowest BCUT2D eigenvalue weighted by molar-refractivity contribution is -2.00. The molecule has 0 bridgehead atoms. The Balaban J connectivity index is 0.000000209. The molecule has 0 aliphatic carbocycles. The van der Waals surface area contributed by atoms with Gasteiger partial charge in [-0.1, -0.05) is 24.3 Å². The molecule has 94 valence electrons. The van der Waals surface area contributed by atoms with Crippen LogP contribution in [0.2, 0.25) is 0 Å². The number of fused-ring (bicyclic) bond motifs is 3. The maximum atomic E-state index is 8.49. The second-order valence-electron chi connectivity index (χ2n) is 3.43. The Morgan fingerprint density at radius 2 is 1.00 bits per heavy atom. The zero-order chi connectivity index (χ0) is 13.2. The zero-order valence-electron chi connectivity index (χ0n) is 9.01. The Morgan fingerprint density at radius 3 is 1.39 bits per heavy atom. The molecule has 4 nitrogen and oxygen atoms in total. The molecule has 2 aromatic rings. The number of hydrogen-bond acceptors (Lipinski definition) is 4. The van der Waals surface area contributed by atoms with E-state index >= 15 is 0 Å². The van der Waals surface area contributed by atoms with Crippen molar-refractivity contribution in [3.63, 3.8) is 0 Å². The van der Waals surface area contributed by atoms with E-state index in [0.717, 1.165) is 0 Å². The van der Waals surface area contributed by atoms with E-state index in [1.165, 1.54) is 11.1 Å². The highest BCUT2D eigenvalue weighted by atomic mass is 127. The summed E-state index contributed by atoms with van der Waals surface area (Å²) < 4.78 is 37.1. The maximum absolute atomic E-state index is 8.49. The summed E-state index contributed by atoms with van der Waals surface area (Å²) in [6, 6.07) is 17.6. The van der Waals surface area contributed by atoms with Crippen molar-refractivity contribution < 1.29 is 50.1 Å². The van der Waals surface area contributed by atoms with E-state index in [-0.39, 0.29) is 21.2 Å². The van der Waals surface area contributed by atoms with Crippen molar-refractivity contribution in [2.24, 2.45) is 0 Å². The largest absolute Gasteiger partial charge is 0.359 e. The lowest BCUT2D eigenvalue weighted by atomic mass is 10.1. The van der Waals surface area contributed by atoms with E-state index in [2.05, 4.69) is 48.5 Å². The molecule has 0 saturated carbocycles. The summed E-state index contributed by atoms with van der Waals surface area (Å²) in [6.07, 6.45) is 0. The molecular formula is C12H8ClIO4. The summed E-state index contributed by atoms with van der Waals surface area (Å²) in [6.45, 7) is 0. The first-order valence-corrected chi connectivity index (χ1v) is 8.29. The minimum absolute atomic E-state index is 0.103. The summed E-state index contributed by atoms with van der Waals surface area (Å²) in [5, 5.41) is 0. The van der Waals surface area contributed by atoms with Crippen molar-refractivity contribution >= 4 is 0 Å². The summed E-state index contributed by atoms with van der Waals surface area (Å²) >= 11 is 0.103. The van der Waals surface area contributed by atoms with Crippen LogP contribution in [0.3, 0.4) is 0 Å². The molecule has 0 fully saturated rings. The first kappa shape index (κ1) is 13.7. The Bertz CT molecular complexity index is 504. The number of hydrogen-bond donors (Lipinski definition) is 0. The molecule has 18 heavy (non-hydrogen) atoms. The predicted octanol–water partition coefficient (Wildman–Crippen LogP) is -4.96. The molecule has 1 aliphatic heterocycles. The highest BCUT2D eigenvalue weighted by molar-refractivity contribution is 5.64. The third kappa shape index (κ3) is 3.64. The molecule has 1 heterocycles. The Labute approximate surface area is 117 Å². The van der Waals surface area contributed by atoms with Gasteiger partial charge in [-0.3, -0.25) is 0 Å². The quantitative estimate of drug-likeness (QED) is 0.366. The lowest BCUT2D eigenvalue weighted by Gasteiger charge is -2.17. The van der Waals surface area contributed by atoms with Gasteiger partial charge in [-0.15, -0.1) is 10.2 Å². The Kier molecular flexibility index (Phi) is 4.21. The van der Waals surface area contributed by atoms with Crippen LogP contribution >= 0.6 is 0 Å². The second kappa shape index (κ2) is 5.52. The fourth-order valence-electron chi connectivity index (χ4n) is 1.63. The van der Waals surface area contributed by atoms with Gasteiger partial charge in [-0.25, -0.2) is 18.6 Å². The van der Waals surface area contributed by atoms with E-state index in [1.54, 1.807) is 7.14 Å². The number of benzene rings is 2. The summed E-state index contributed by atoms with van der Waals surface area (Å²) in [5.74, 6) is 0. The maximum Gasteiger partial charge on any atom is 0.359 e. The van der Waals surface area contributed by atoms with Crippen molar-refractivity contribution in [1.29, 1.82) is 0 Å². The van der Waals surface area contributed by atoms with E-state index in [9.17, 15) is 0 Å². The van der Waals surface area contributed by atoms with Crippen LogP contribution < -0.4 is 39.8 Å². The molecule has 1 aliphatic rings. The lowest BCUT2D eigenvalue weighted by Crippen LogP contribution is -3.61. The second-order valence-corrected chi connectivity index (χ2v) is 7.05. The molecule has 0 spiro atoms. The molecule has 0 aromatic heterocycles. The van der Waals surface area contributed by atoms with Gasteiger partial charge in [-0.2, -0.15) is 0 Å². The smallest absolute Gasteiger partial charge is 0.222 e. The van der Waals surface area contributed by atoms with Gasteiger partial charge in [0.25, 0.3) is 0 Å². The summed E-state index contributed by atoms with van der Waals surface area (Å²) in [4.78, 5) is 0. The first-order valence-electron chi connectivity index (χ1n) is 4.90. The number of halogens is 2. The first-order chi connectivity index (χ1) is 8.45. The molecule has 2 aromatic carbocycles. The average molecular weight is 379 g/mol. The van der Waals surface area contributed by atoms with E-state index < -0.39 is 10.2 Å². The molecule has 0 N–H and O–H groups in total. The van der Waals surface area contributed by atoms with Crippen LogP contribution in [0.25, 0.3) is 11.1 Å². The van der Waals surface area contributed by atoms with Gasteiger partial charge in [0.05, 0.1) is 0 Å². The van der Waals surface area contributed by atoms with Crippen LogP contribution in [0.1, 0.15) is 0 Å². The van der Waals surface area contributed by atoms with Crippen LogP contribution in [0.15, 0.2) is 48.5 Å². The molecule has 0 amide bonds. The van der Waals surface area contributed by atoms with Crippen LogP contribution in [-0.2, 0) is 0 Å².